The highest BCUT2D eigenvalue weighted by molar-refractivity contribution is 5.94. The molecule has 0 bridgehead atoms. The van der Waals surface area contributed by atoms with Gasteiger partial charge in [-0.25, -0.2) is 4.98 Å². The number of methoxy groups -OCH3 is 1. The van der Waals surface area contributed by atoms with Gasteiger partial charge in [-0.3, -0.25) is 4.79 Å². The highest BCUT2D eigenvalue weighted by Crippen LogP contribution is 2.29. The summed E-state index contributed by atoms with van der Waals surface area (Å²) < 4.78 is 16.3. The van der Waals surface area contributed by atoms with E-state index in [1.165, 1.54) is 14.0 Å². The summed E-state index contributed by atoms with van der Waals surface area (Å²) >= 11 is 0. The number of hydrogen-bond donors (Lipinski definition) is 0. The van der Waals surface area contributed by atoms with Gasteiger partial charge in [0.25, 0.3) is 0 Å². The van der Waals surface area contributed by atoms with Crippen molar-refractivity contribution in [3.05, 3.63) is 41.1 Å². The molecule has 0 aliphatic carbocycles. The first-order valence-electron chi connectivity index (χ1n) is 6.26. The molecule has 20 heavy (non-hydrogen) atoms. The van der Waals surface area contributed by atoms with Gasteiger partial charge in [0.05, 0.1) is 12.8 Å². The molecule has 5 heteroatoms. The second-order valence-electron chi connectivity index (χ2n) is 4.46. The second kappa shape index (κ2) is 5.77. The third kappa shape index (κ3) is 2.99. The van der Waals surface area contributed by atoms with Crippen molar-refractivity contribution in [1.29, 1.82) is 0 Å². The molecule has 0 saturated heterocycles. The molecule has 0 spiro atoms. The Balaban J connectivity index is 2.14. The maximum absolute atomic E-state index is 11.3. The van der Waals surface area contributed by atoms with Crippen LogP contribution in [0.4, 0.5) is 0 Å². The zero-order valence-corrected chi connectivity index (χ0v) is 12.0. The van der Waals surface area contributed by atoms with E-state index < -0.39 is 0 Å². The lowest BCUT2D eigenvalue weighted by Gasteiger charge is -2.10. The number of aromatic nitrogens is 1. The topological polar surface area (TPSA) is 61.6 Å². The van der Waals surface area contributed by atoms with Crippen LogP contribution in [-0.2, 0) is 6.61 Å². The number of ether oxygens (including phenoxy) is 2. The van der Waals surface area contributed by atoms with Crippen LogP contribution in [0.1, 0.15) is 34.6 Å². The average molecular weight is 275 g/mol. The van der Waals surface area contributed by atoms with Gasteiger partial charge in [-0.05, 0) is 39.0 Å². The number of Topliss-reactive ketones (excluding diaryl/α,β-unsaturated/α-hetero) is 1. The Morgan fingerprint density at radius 1 is 1.30 bits per heavy atom. The summed E-state index contributed by atoms with van der Waals surface area (Å²) in [5, 5.41) is 0. The van der Waals surface area contributed by atoms with Crippen LogP contribution in [0, 0.1) is 13.8 Å². The van der Waals surface area contributed by atoms with Crippen LogP contribution in [0.3, 0.4) is 0 Å². The number of oxazole rings is 1. The monoisotopic (exact) mass is 275 g/mol. The molecule has 1 heterocycles. The van der Waals surface area contributed by atoms with E-state index >= 15 is 0 Å². The number of carbonyl (C=O) groups excluding carboxylic acids is 1. The fraction of sp³-hybridized carbons (Fsp3) is 0.333. The number of carbonyl (C=O) groups is 1. The molecule has 0 saturated carbocycles. The van der Waals surface area contributed by atoms with Crippen molar-refractivity contribution in [3.8, 4) is 11.5 Å². The molecule has 0 amide bonds. The van der Waals surface area contributed by atoms with Gasteiger partial charge < -0.3 is 13.9 Å². The predicted octanol–water partition coefficient (Wildman–Crippen LogP) is 3.08. The smallest absolute Gasteiger partial charge is 0.232 e. The zero-order chi connectivity index (χ0) is 14.7. The summed E-state index contributed by atoms with van der Waals surface area (Å²) in [6.45, 7) is 5.46. The fourth-order valence-electron chi connectivity index (χ4n) is 1.75. The normalized spacial score (nSPS) is 10.4. The van der Waals surface area contributed by atoms with Crippen molar-refractivity contribution in [1.82, 2.24) is 4.98 Å². The van der Waals surface area contributed by atoms with Crippen molar-refractivity contribution in [2.45, 2.75) is 27.4 Å². The van der Waals surface area contributed by atoms with E-state index in [0.29, 0.717) is 23.0 Å². The predicted molar refractivity (Wildman–Crippen MR) is 73.3 cm³/mol. The van der Waals surface area contributed by atoms with Crippen LogP contribution in [0.2, 0.25) is 0 Å². The van der Waals surface area contributed by atoms with Crippen molar-refractivity contribution in [2.24, 2.45) is 0 Å². The Kier molecular flexibility index (Phi) is 4.08. The summed E-state index contributed by atoms with van der Waals surface area (Å²) in [7, 11) is 1.53. The summed E-state index contributed by atoms with van der Waals surface area (Å²) in [5.41, 5.74) is 1.43. The van der Waals surface area contributed by atoms with Gasteiger partial charge in [0.2, 0.25) is 5.89 Å². The van der Waals surface area contributed by atoms with E-state index in [4.69, 9.17) is 13.9 Å². The first kappa shape index (κ1) is 14.1. The number of rotatable bonds is 5. The van der Waals surface area contributed by atoms with E-state index in [1.54, 1.807) is 18.2 Å². The lowest BCUT2D eigenvalue weighted by atomic mass is 10.1. The second-order valence-corrected chi connectivity index (χ2v) is 4.46. The minimum absolute atomic E-state index is 0.0196. The van der Waals surface area contributed by atoms with Crippen molar-refractivity contribution in [3.63, 3.8) is 0 Å². The van der Waals surface area contributed by atoms with Gasteiger partial charge in [-0.15, -0.1) is 0 Å². The molecule has 0 aliphatic heterocycles. The van der Waals surface area contributed by atoms with Crippen LogP contribution < -0.4 is 9.47 Å². The zero-order valence-electron chi connectivity index (χ0n) is 12.0. The Bertz CT molecular complexity index is 611. The standard InChI is InChI=1S/C15H17NO4/c1-9-11(3)20-15(16-9)8-19-13-6-5-12(10(2)17)7-14(13)18-4/h5-7H,8H2,1-4H3. The van der Waals surface area contributed by atoms with E-state index in [0.717, 1.165) is 11.5 Å². The molecular formula is C15H17NO4. The van der Waals surface area contributed by atoms with Crippen LogP contribution in [0.15, 0.2) is 22.6 Å². The Labute approximate surface area is 117 Å². The highest BCUT2D eigenvalue weighted by atomic mass is 16.5. The van der Waals surface area contributed by atoms with Crippen LogP contribution in [0.25, 0.3) is 0 Å². The molecule has 0 fully saturated rings. The minimum Gasteiger partial charge on any atom is -0.493 e. The first-order chi connectivity index (χ1) is 9.51. The fourth-order valence-corrected chi connectivity index (χ4v) is 1.75. The van der Waals surface area contributed by atoms with Gasteiger partial charge in [0.1, 0.15) is 5.76 Å². The minimum atomic E-state index is -0.0196. The molecule has 0 N–H and O–H groups in total. The molecule has 2 aromatic rings. The lowest BCUT2D eigenvalue weighted by Crippen LogP contribution is -2.00. The molecule has 0 atom stereocenters. The van der Waals surface area contributed by atoms with E-state index in [9.17, 15) is 4.79 Å². The Morgan fingerprint density at radius 2 is 2.05 bits per heavy atom. The van der Waals surface area contributed by atoms with Crippen LogP contribution in [0.5, 0.6) is 11.5 Å². The van der Waals surface area contributed by atoms with E-state index in [2.05, 4.69) is 4.98 Å². The Morgan fingerprint density at radius 3 is 2.60 bits per heavy atom. The molecule has 1 aromatic heterocycles. The molecule has 0 unspecified atom stereocenters. The van der Waals surface area contributed by atoms with Crippen LogP contribution in [-0.4, -0.2) is 17.9 Å². The number of benzene rings is 1. The first-order valence-corrected chi connectivity index (χ1v) is 6.26. The number of nitrogens with zero attached hydrogens (tertiary/aromatic N) is 1. The molecule has 1 aromatic carbocycles. The molecule has 0 aliphatic rings. The van der Waals surface area contributed by atoms with Gasteiger partial charge in [-0.1, -0.05) is 0 Å². The van der Waals surface area contributed by atoms with Crippen molar-refractivity contribution < 1.29 is 18.7 Å². The lowest BCUT2D eigenvalue weighted by molar-refractivity contribution is 0.101. The van der Waals surface area contributed by atoms with Gasteiger partial charge in [-0.2, -0.15) is 0 Å². The SMILES string of the molecule is COc1cc(C(C)=O)ccc1OCc1nc(C)c(C)o1. The van der Waals surface area contributed by atoms with Crippen LogP contribution >= 0.6 is 0 Å². The molecule has 2 rings (SSSR count). The summed E-state index contributed by atoms with van der Waals surface area (Å²) in [6.07, 6.45) is 0. The molecule has 5 nitrogen and oxygen atoms in total. The van der Waals surface area contributed by atoms with Crippen molar-refractivity contribution in [2.75, 3.05) is 7.11 Å². The van der Waals surface area contributed by atoms with E-state index in [1.807, 2.05) is 13.8 Å². The third-order valence-corrected chi connectivity index (χ3v) is 2.99. The summed E-state index contributed by atoms with van der Waals surface area (Å²) in [6, 6.07) is 5.06. The quantitative estimate of drug-likeness (QED) is 0.785. The Hall–Kier alpha value is -2.30. The third-order valence-electron chi connectivity index (χ3n) is 2.99. The van der Waals surface area contributed by atoms with E-state index in [-0.39, 0.29) is 12.4 Å². The molecular weight excluding hydrogens is 258 g/mol. The summed E-state index contributed by atoms with van der Waals surface area (Å²) in [5.74, 6) is 2.33. The van der Waals surface area contributed by atoms with Gasteiger partial charge >= 0.3 is 0 Å². The maximum Gasteiger partial charge on any atom is 0.232 e. The number of aryl methyl sites for hydroxylation is 2. The molecule has 0 radical (unpaired) electrons. The summed E-state index contributed by atoms with van der Waals surface area (Å²) in [4.78, 5) is 15.6. The van der Waals surface area contributed by atoms with Gasteiger partial charge in [0.15, 0.2) is 23.9 Å². The maximum atomic E-state index is 11.3. The number of hydrogen-bond acceptors (Lipinski definition) is 5. The number of ketones is 1. The average Bonchev–Trinajstić information content (AvgIpc) is 2.75. The molecule has 106 valence electrons. The largest absolute Gasteiger partial charge is 0.493 e. The highest BCUT2D eigenvalue weighted by Gasteiger charge is 2.11. The van der Waals surface area contributed by atoms with Gasteiger partial charge in [0, 0.05) is 5.56 Å². The van der Waals surface area contributed by atoms with Crippen molar-refractivity contribution >= 4 is 5.78 Å².